The Morgan fingerprint density at radius 1 is 1.17 bits per heavy atom. The maximum atomic E-state index is 13.6. The highest BCUT2D eigenvalue weighted by Gasteiger charge is 2.42. The van der Waals surface area contributed by atoms with Gasteiger partial charge in [0.05, 0.1) is 39.8 Å². The van der Waals surface area contributed by atoms with Gasteiger partial charge in [0.15, 0.2) is 5.78 Å². The Balaban J connectivity index is 1.47. The number of aliphatic hydroxyl groups is 1. The summed E-state index contributed by atoms with van der Waals surface area (Å²) >= 11 is 2.97. The molecule has 2 aromatic heterocycles. The van der Waals surface area contributed by atoms with E-state index in [2.05, 4.69) is 33.6 Å². The van der Waals surface area contributed by atoms with Gasteiger partial charge in [-0.2, -0.15) is 4.37 Å². The lowest BCUT2D eigenvalue weighted by Crippen LogP contribution is -2.44. The third-order valence-corrected chi connectivity index (χ3v) is 8.75. The Labute approximate surface area is 215 Å². The van der Waals surface area contributed by atoms with Gasteiger partial charge in [0.1, 0.15) is 0 Å². The molecule has 4 atom stereocenters. The van der Waals surface area contributed by atoms with E-state index in [1.54, 1.807) is 16.2 Å². The largest absolute Gasteiger partial charge is 0.391 e. The van der Waals surface area contributed by atoms with Gasteiger partial charge in [-0.3, -0.25) is 9.59 Å². The van der Waals surface area contributed by atoms with E-state index in [1.807, 2.05) is 46.2 Å². The van der Waals surface area contributed by atoms with E-state index in [0.717, 1.165) is 32.3 Å². The Morgan fingerprint density at radius 3 is 2.46 bits per heavy atom. The van der Waals surface area contributed by atoms with Gasteiger partial charge in [-0.15, -0.1) is 11.3 Å². The van der Waals surface area contributed by atoms with E-state index in [9.17, 15) is 14.7 Å². The molecule has 6 nitrogen and oxygen atoms in total. The molecule has 186 valence electrons. The number of Topliss-reactive ketones (excluding diaryl/α,β-unsaturated/α-hetero) is 1. The van der Waals surface area contributed by atoms with Gasteiger partial charge in [0.25, 0.3) is 0 Å². The maximum absolute atomic E-state index is 13.6. The highest BCUT2D eigenvalue weighted by molar-refractivity contribution is 7.13. The zero-order chi connectivity index (χ0) is 25.3. The minimum Gasteiger partial charge on any atom is -0.391 e. The molecule has 1 saturated heterocycles. The molecule has 1 aliphatic heterocycles. The minimum atomic E-state index is -0.679. The molecule has 3 heterocycles. The summed E-state index contributed by atoms with van der Waals surface area (Å²) in [6, 6.07) is 9.66. The lowest BCUT2D eigenvalue weighted by atomic mass is 9.90. The first-order valence-electron chi connectivity index (χ1n) is 12.1. The molecule has 1 aliphatic rings. The Bertz CT molecular complexity index is 1180. The van der Waals surface area contributed by atoms with Gasteiger partial charge < -0.3 is 10.0 Å². The molecule has 3 aromatic rings. The molecule has 1 amide bonds. The number of benzene rings is 1. The van der Waals surface area contributed by atoms with E-state index in [-0.39, 0.29) is 36.0 Å². The van der Waals surface area contributed by atoms with Crippen molar-refractivity contribution < 1.29 is 14.7 Å². The zero-order valence-corrected chi connectivity index (χ0v) is 22.5. The van der Waals surface area contributed by atoms with Crippen molar-refractivity contribution in [3.05, 3.63) is 57.7 Å². The molecule has 0 bridgehead atoms. The van der Waals surface area contributed by atoms with Crippen LogP contribution in [-0.4, -0.2) is 49.7 Å². The molecule has 4 rings (SSSR count). The number of thiazole rings is 1. The van der Waals surface area contributed by atoms with Gasteiger partial charge in [0.2, 0.25) is 5.91 Å². The molecule has 1 fully saturated rings. The van der Waals surface area contributed by atoms with Crippen LogP contribution in [0.5, 0.6) is 0 Å². The van der Waals surface area contributed by atoms with Crippen LogP contribution in [0.15, 0.2) is 35.8 Å². The fourth-order valence-corrected chi connectivity index (χ4v) is 6.73. The standard InChI is InChI=1S/C27H33N3O3S2/c1-15(2)25(24-11-17(4)29-35-24)27(33)30-13-21(31)12-22(30)23(32)10-16(3)19-6-8-20(9-7-19)26-18(5)28-14-34-26/h6-9,11,14-16,21-22,25,31H,10,12-13H2,1-5H3/t16-,21-,22+,25-/m1/s1. The third kappa shape index (κ3) is 5.55. The van der Waals surface area contributed by atoms with E-state index in [4.69, 9.17) is 0 Å². The molecular formula is C27H33N3O3S2. The Hall–Kier alpha value is -2.42. The van der Waals surface area contributed by atoms with Gasteiger partial charge in [-0.25, -0.2) is 4.98 Å². The van der Waals surface area contributed by atoms with E-state index < -0.39 is 12.1 Å². The van der Waals surface area contributed by atoms with Crippen LogP contribution in [0.25, 0.3) is 10.4 Å². The Kier molecular flexibility index (Phi) is 7.83. The Morgan fingerprint density at radius 2 is 1.89 bits per heavy atom. The molecule has 1 N–H and O–H groups in total. The smallest absolute Gasteiger partial charge is 0.231 e. The molecule has 35 heavy (non-hydrogen) atoms. The number of likely N-dealkylation sites (tertiary alicyclic amines) is 1. The number of aryl methyl sites for hydroxylation is 2. The van der Waals surface area contributed by atoms with Crippen LogP contribution in [0.4, 0.5) is 0 Å². The summed E-state index contributed by atoms with van der Waals surface area (Å²) in [7, 11) is 0. The number of hydrogen-bond acceptors (Lipinski definition) is 7. The van der Waals surface area contributed by atoms with Crippen molar-refractivity contribution in [2.45, 2.75) is 71.4 Å². The number of hydrogen-bond donors (Lipinski definition) is 1. The number of carbonyl (C=O) groups excluding carboxylic acids is 2. The number of nitrogens with zero attached hydrogens (tertiary/aromatic N) is 3. The summed E-state index contributed by atoms with van der Waals surface area (Å²) in [5, 5.41) is 10.4. The summed E-state index contributed by atoms with van der Waals surface area (Å²) in [6.45, 7) is 10.2. The maximum Gasteiger partial charge on any atom is 0.231 e. The number of ketones is 1. The number of β-amino-alcohol motifs (C(OH)–C–C–N with tert-alkyl or cyclic N) is 1. The molecule has 0 aliphatic carbocycles. The van der Waals surface area contributed by atoms with Gasteiger partial charge in [0, 0.05) is 24.3 Å². The second-order valence-electron chi connectivity index (χ2n) is 9.95. The van der Waals surface area contributed by atoms with Crippen molar-refractivity contribution in [3.63, 3.8) is 0 Å². The van der Waals surface area contributed by atoms with E-state index >= 15 is 0 Å². The molecular weight excluding hydrogens is 478 g/mol. The fourth-order valence-electron chi connectivity index (χ4n) is 4.90. The number of aromatic nitrogens is 2. The molecule has 0 spiro atoms. The first kappa shape index (κ1) is 25.7. The van der Waals surface area contributed by atoms with Crippen molar-refractivity contribution in [1.82, 2.24) is 14.3 Å². The predicted molar refractivity (Wildman–Crippen MR) is 141 cm³/mol. The molecule has 8 heteroatoms. The topological polar surface area (TPSA) is 83.4 Å². The van der Waals surface area contributed by atoms with E-state index in [1.165, 1.54) is 11.5 Å². The van der Waals surface area contributed by atoms with Crippen molar-refractivity contribution >= 4 is 34.6 Å². The van der Waals surface area contributed by atoms with Crippen LogP contribution in [0, 0.1) is 19.8 Å². The summed E-state index contributed by atoms with van der Waals surface area (Å²) in [5.74, 6) is -0.362. The van der Waals surface area contributed by atoms with Gasteiger partial charge in [-0.1, -0.05) is 45.0 Å². The fraction of sp³-hybridized carbons (Fsp3) is 0.481. The first-order valence-corrected chi connectivity index (χ1v) is 13.8. The third-order valence-electron chi connectivity index (χ3n) is 6.81. The highest BCUT2D eigenvalue weighted by atomic mass is 32.1. The zero-order valence-electron chi connectivity index (χ0n) is 20.9. The normalized spacial score (nSPS) is 19.8. The van der Waals surface area contributed by atoms with Crippen LogP contribution >= 0.6 is 22.9 Å². The second kappa shape index (κ2) is 10.7. The lowest BCUT2D eigenvalue weighted by Gasteiger charge is -2.29. The monoisotopic (exact) mass is 511 g/mol. The highest BCUT2D eigenvalue weighted by Crippen LogP contribution is 2.34. The molecule has 0 radical (unpaired) electrons. The van der Waals surface area contributed by atoms with E-state index in [0.29, 0.717) is 12.8 Å². The number of amides is 1. The number of aliphatic hydroxyl groups excluding tert-OH is 1. The second-order valence-corrected chi connectivity index (χ2v) is 11.6. The van der Waals surface area contributed by atoms with Crippen LogP contribution in [0.1, 0.15) is 67.3 Å². The SMILES string of the molecule is Cc1cc([C@H](C(=O)N2C[C@H](O)C[C@H]2C(=O)C[C@@H](C)c2ccc(-c3scnc3C)cc2)C(C)C)sn1. The summed E-state index contributed by atoms with van der Waals surface area (Å²) in [4.78, 5) is 35.0. The summed E-state index contributed by atoms with van der Waals surface area (Å²) < 4.78 is 4.35. The average Bonchev–Trinajstić information content (AvgIpc) is 3.53. The van der Waals surface area contributed by atoms with Crippen LogP contribution < -0.4 is 0 Å². The first-order chi connectivity index (χ1) is 16.7. The minimum absolute atomic E-state index is 0.00719. The van der Waals surface area contributed by atoms with Crippen LogP contribution in [-0.2, 0) is 9.59 Å². The van der Waals surface area contributed by atoms with Crippen molar-refractivity contribution in [1.29, 1.82) is 0 Å². The van der Waals surface area contributed by atoms with Crippen molar-refractivity contribution in [2.24, 2.45) is 5.92 Å². The lowest BCUT2D eigenvalue weighted by molar-refractivity contribution is -0.139. The van der Waals surface area contributed by atoms with Crippen LogP contribution in [0.2, 0.25) is 0 Å². The number of rotatable bonds is 8. The van der Waals surface area contributed by atoms with Crippen LogP contribution in [0.3, 0.4) is 0 Å². The molecule has 1 aromatic carbocycles. The number of carbonyl (C=O) groups is 2. The summed E-state index contributed by atoms with van der Waals surface area (Å²) in [5.41, 5.74) is 5.97. The quantitative estimate of drug-likeness (QED) is 0.441. The molecule has 0 unspecified atom stereocenters. The summed E-state index contributed by atoms with van der Waals surface area (Å²) in [6.07, 6.45) is -0.0550. The average molecular weight is 512 g/mol. The van der Waals surface area contributed by atoms with Gasteiger partial charge in [-0.05, 0) is 54.4 Å². The van der Waals surface area contributed by atoms with Gasteiger partial charge >= 0.3 is 0 Å². The predicted octanol–water partition coefficient (Wildman–Crippen LogP) is 5.35. The van der Waals surface area contributed by atoms with Crippen molar-refractivity contribution in [2.75, 3.05) is 6.54 Å². The molecule has 0 saturated carbocycles. The van der Waals surface area contributed by atoms with Crippen molar-refractivity contribution in [3.8, 4) is 10.4 Å².